The van der Waals surface area contributed by atoms with E-state index in [0.29, 0.717) is 0 Å². The summed E-state index contributed by atoms with van der Waals surface area (Å²) in [6.45, 7) is 4.24. The number of aryl methyl sites for hydroxylation is 2. The van der Waals surface area contributed by atoms with Crippen molar-refractivity contribution in [3.63, 3.8) is 0 Å². The molecule has 0 unspecified atom stereocenters. The quantitative estimate of drug-likeness (QED) is 0.600. The first-order valence-electron chi connectivity index (χ1n) is 3.27. The number of benzene rings is 1. The van der Waals surface area contributed by atoms with Crippen LogP contribution >= 0.6 is 0 Å². The molecule has 0 radical (unpaired) electrons. The maximum atomic E-state index is 7.00. The Labute approximate surface area is 67.8 Å². The minimum absolute atomic E-state index is 0. The summed E-state index contributed by atoms with van der Waals surface area (Å²) in [4.78, 5) is 0. The molecular formula is C9H16O2. The highest BCUT2D eigenvalue weighted by Crippen LogP contribution is 2.02. The molecule has 0 aromatic heterocycles. The van der Waals surface area contributed by atoms with Crippen LogP contribution in [0.15, 0.2) is 24.3 Å². The first-order valence-corrected chi connectivity index (χ1v) is 3.27. The molecule has 2 nitrogen and oxygen atoms in total. The summed E-state index contributed by atoms with van der Waals surface area (Å²) in [5, 5.41) is 7.00. The molecule has 0 heterocycles. The predicted octanol–water partition coefficient (Wildman–Crippen LogP) is 1.09. The molecule has 0 amide bonds. The van der Waals surface area contributed by atoms with Crippen LogP contribution in [-0.2, 0) is 0 Å². The number of aliphatic hydroxyl groups is 1. The minimum Gasteiger partial charge on any atom is -0.412 e. The van der Waals surface area contributed by atoms with E-state index < -0.39 is 0 Å². The molecule has 0 aliphatic rings. The summed E-state index contributed by atoms with van der Waals surface area (Å²) in [6, 6.07) is 8.36. The summed E-state index contributed by atoms with van der Waals surface area (Å²) in [5.74, 6) is 0. The van der Waals surface area contributed by atoms with Crippen LogP contribution in [0.5, 0.6) is 0 Å². The van der Waals surface area contributed by atoms with Gasteiger partial charge in [-0.1, -0.05) is 24.3 Å². The van der Waals surface area contributed by atoms with Gasteiger partial charge in [0.15, 0.2) is 0 Å². The van der Waals surface area contributed by atoms with Gasteiger partial charge in [-0.3, -0.25) is 0 Å². The standard InChI is InChI=1S/C8H10.CH4O.H2O/c1-7-5-3-4-6-8(7)2;1-2;/h3-6H,1-2H3;2H,1H3;1H2. The van der Waals surface area contributed by atoms with Crippen molar-refractivity contribution in [2.45, 2.75) is 13.8 Å². The average molecular weight is 156 g/mol. The van der Waals surface area contributed by atoms with Crippen LogP contribution in [0.3, 0.4) is 0 Å². The fourth-order valence-corrected chi connectivity index (χ4v) is 0.663. The summed E-state index contributed by atoms with van der Waals surface area (Å²) >= 11 is 0. The summed E-state index contributed by atoms with van der Waals surface area (Å²) in [6.07, 6.45) is 0. The third-order valence-electron chi connectivity index (χ3n) is 1.43. The van der Waals surface area contributed by atoms with Crippen molar-refractivity contribution in [1.29, 1.82) is 0 Å². The average Bonchev–Trinajstić information content (AvgIpc) is 2.00. The van der Waals surface area contributed by atoms with E-state index in [-0.39, 0.29) is 5.48 Å². The predicted molar refractivity (Wildman–Crippen MR) is 47.7 cm³/mol. The molecular weight excluding hydrogens is 140 g/mol. The lowest BCUT2D eigenvalue weighted by atomic mass is 10.1. The van der Waals surface area contributed by atoms with Crippen LogP contribution in [0.25, 0.3) is 0 Å². The highest BCUT2D eigenvalue weighted by Gasteiger charge is 1.83. The lowest BCUT2D eigenvalue weighted by molar-refractivity contribution is 0.399. The molecule has 0 saturated heterocycles. The Hall–Kier alpha value is -0.860. The molecule has 0 atom stereocenters. The zero-order valence-electron chi connectivity index (χ0n) is 7.26. The number of hydrogen-bond donors (Lipinski definition) is 1. The molecule has 0 bridgehead atoms. The van der Waals surface area contributed by atoms with Gasteiger partial charge >= 0.3 is 0 Å². The van der Waals surface area contributed by atoms with Crippen molar-refractivity contribution in [2.75, 3.05) is 7.11 Å². The monoisotopic (exact) mass is 156 g/mol. The molecule has 3 N–H and O–H groups in total. The summed E-state index contributed by atoms with van der Waals surface area (Å²) in [5.41, 5.74) is 2.74. The maximum Gasteiger partial charge on any atom is 0.0319 e. The van der Waals surface area contributed by atoms with Gasteiger partial charge < -0.3 is 10.6 Å². The minimum atomic E-state index is 0. The van der Waals surface area contributed by atoms with Gasteiger partial charge in [0, 0.05) is 7.11 Å². The van der Waals surface area contributed by atoms with E-state index in [1.165, 1.54) is 11.1 Å². The fraction of sp³-hybridized carbons (Fsp3) is 0.333. The zero-order valence-corrected chi connectivity index (χ0v) is 7.26. The van der Waals surface area contributed by atoms with Crippen molar-refractivity contribution in [2.24, 2.45) is 0 Å². The van der Waals surface area contributed by atoms with Gasteiger partial charge in [0.05, 0.1) is 0 Å². The fourth-order valence-electron chi connectivity index (χ4n) is 0.663. The normalized spacial score (nSPS) is 7.27. The second-order valence-electron chi connectivity index (χ2n) is 2.08. The second-order valence-corrected chi connectivity index (χ2v) is 2.08. The van der Waals surface area contributed by atoms with Crippen LogP contribution < -0.4 is 0 Å². The Balaban J connectivity index is 0. The summed E-state index contributed by atoms with van der Waals surface area (Å²) in [7, 11) is 1.00. The molecule has 0 aliphatic carbocycles. The van der Waals surface area contributed by atoms with E-state index in [1.54, 1.807) is 0 Å². The number of hydrogen-bond acceptors (Lipinski definition) is 1. The van der Waals surface area contributed by atoms with Gasteiger partial charge in [0.25, 0.3) is 0 Å². The van der Waals surface area contributed by atoms with E-state index in [1.807, 2.05) is 0 Å². The first-order chi connectivity index (χ1) is 4.80. The van der Waals surface area contributed by atoms with E-state index >= 15 is 0 Å². The van der Waals surface area contributed by atoms with Gasteiger partial charge in [-0.05, 0) is 25.0 Å². The van der Waals surface area contributed by atoms with Gasteiger partial charge in [-0.15, -0.1) is 0 Å². The van der Waals surface area contributed by atoms with E-state index in [4.69, 9.17) is 5.11 Å². The third-order valence-corrected chi connectivity index (χ3v) is 1.43. The van der Waals surface area contributed by atoms with Gasteiger partial charge in [-0.2, -0.15) is 0 Å². The highest BCUT2D eigenvalue weighted by molar-refractivity contribution is 5.23. The zero-order chi connectivity index (χ0) is 7.98. The summed E-state index contributed by atoms with van der Waals surface area (Å²) < 4.78 is 0. The van der Waals surface area contributed by atoms with Crippen molar-refractivity contribution in [3.8, 4) is 0 Å². The van der Waals surface area contributed by atoms with E-state index in [2.05, 4.69) is 38.1 Å². The maximum absolute atomic E-state index is 7.00. The highest BCUT2D eigenvalue weighted by atomic mass is 16.2. The molecule has 11 heavy (non-hydrogen) atoms. The SMILES string of the molecule is CO.Cc1ccccc1C.O. The Kier molecular flexibility index (Phi) is 8.43. The van der Waals surface area contributed by atoms with Gasteiger partial charge in [-0.25, -0.2) is 0 Å². The molecule has 0 saturated carbocycles. The van der Waals surface area contributed by atoms with Crippen molar-refractivity contribution < 1.29 is 10.6 Å². The van der Waals surface area contributed by atoms with Crippen LogP contribution in [0.1, 0.15) is 11.1 Å². The van der Waals surface area contributed by atoms with Crippen LogP contribution in [0.4, 0.5) is 0 Å². The van der Waals surface area contributed by atoms with E-state index in [9.17, 15) is 0 Å². The Morgan fingerprint density at radius 2 is 1.18 bits per heavy atom. The number of rotatable bonds is 0. The molecule has 1 rings (SSSR count). The van der Waals surface area contributed by atoms with Crippen molar-refractivity contribution in [1.82, 2.24) is 0 Å². The van der Waals surface area contributed by atoms with Crippen LogP contribution in [0, 0.1) is 13.8 Å². The molecule has 1 aromatic carbocycles. The van der Waals surface area contributed by atoms with E-state index in [0.717, 1.165) is 7.11 Å². The molecule has 0 spiro atoms. The Morgan fingerprint density at radius 3 is 1.36 bits per heavy atom. The molecule has 2 heteroatoms. The Bertz CT molecular complexity index is 164. The van der Waals surface area contributed by atoms with Gasteiger partial charge in [0.1, 0.15) is 0 Å². The smallest absolute Gasteiger partial charge is 0.0319 e. The van der Waals surface area contributed by atoms with Crippen LogP contribution in [-0.4, -0.2) is 17.7 Å². The van der Waals surface area contributed by atoms with Crippen LogP contribution in [0.2, 0.25) is 0 Å². The molecule has 0 fully saturated rings. The van der Waals surface area contributed by atoms with Crippen molar-refractivity contribution >= 4 is 0 Å². The first kappa shape index (κ1) is 12.8. The lowest BCUT2D eigenvalue weighted by Gasteiger charge is -1.93. The molecule has 1 aromatic rings. The Morgan fingerprint density at radius 1 is 0.909 bits per heavy atom. The topological polar surface area (TPSA) is 51.7 Å². The second kappa shape index (κ2) is 7.25. The van der Waals surface area contributed by atoms with Gasteiger partial charge in [0.2, 0.25) is 0 Å². The number of aliphatic hydroxyl groups excluding tert-OH is 1. The third kappa shape index (κ3) is 4.53. The molecule has 0 aliphatic heterocycles. The largest absolute Gasteiger partial charge is 0.412 e. The lowest BCUT2D eigenvalue weighted by Crippen LogP contribution is -1.74. The molecule has 64 valence electrons. The van der Waals surface area contributed by atoms with Crippen molar-refractivity contribution in [3.05, 3.63) is 35.4 Å².